The molecule has 3 aromatic carbocycles. The number of methoxy groups -OCH3 is 2. The van der Waals surface area contributed by atoms with E-state index in [1.807, 2.05) is 72.8 Å². The Hall–Kier alpha value is -3.80. The van der Waals surface area contributed by atoms with Gasteiger partial charge in [0.1, 0.15) is 11.6 Å². The van der Waals surface area contributed by atoms with Gasteiger partial charge in [0, 0.05) is 17.1 Å². The molecule has 1 heterocycles. The molecule has 0 bridgehead atoms. The number of anilines is 2. The Morgan fingerprint density at radius 2 is 1.39 bits per heavy atom. The Morgan fingerprint density at radius 3 is 2.07 bits per heavy atom. The maximum Gasteiger partial charge on any atom is 0.324 e. The number of nitrogens with zero attached hydrogens (tertiary/aromatic N) is 2. The average Bonchev–Trinajstić information content (AvgIpc) is 2.74. The maximum atomic E-state index is 5.86. The van der Waals surface area contributed by atoms with Gasteiger partial charge in [-0.3, -0.25) is 0 Å². The number of nitrogens with one attached hydrogen (secondary N) is 1. The zero-order valence-electron chi connectivity index (χ0n) is 15.5. The van der Waals surface area contributed by atoms with Crippen LogP contribution in [0.1, 0.15) is 0 Å². The first kappa shape index (κ1) is 17.6. The number of ether oxygens (including phenoxy) is 3. The van der Waals surface area contributed by atoms with Gasteiger partial charge < -0.3 is 19.5 Å². The molecule has 6 nitrogen and oxygen atoms in total. The smallest absolute Gasteiger partial charge is 0.324 e. The van der Waals surface area contributed by atoms with E-state index in [0.29, 0.717) is 28.6 Å². The van der Waals surface area contributed by atoms with Crippen LogP contribution in [-0.4, -0.2) is 24.2 Å². The van der Waals surface area contributed by atoms with Crippen LogP contribution in [0.5, 0.6) is 23.3 Å². The molecular formula is C22H19N3O3. The second-order valence-electron chi connectivity index (χ2n) is 5.99. The lowest BCUT2D eigenvalue weighted by Crippen LogP contribution is -2.01. The predicted octanol–water partition coefficient (Wildman–Crippen LogP) is 5.18. The van der Waals surface area contributed by atoms with Crippen LogP contribution in [0.4, 0.5) is 11.5 Å². The summed E-state index contributed by atoms with van der Waals surface area (Å²) in [5, 5.41) is 4.13. The third kappa shape index (κ3) is 3.66. The summed E-state index contributed by atoms with van der Waals surface area (Å²) >= 11 is 0. The fourth-order valence-electron chi connectivity index (χ4n) is 2.83. The van der Waals surface area contributed by atoms with E-state index in [4.69, 9.17) is 14.2 Å². The Labute approximate surface area is 162 Å². The molecular weight excluding hydrogens is 354 g/mol. The topological polar surface area (TPSA) is 65.5 Å². The number of hydrogen-bond donors (Lipinski definition) is 1. The van der Waals surface area contributed by atoms with Gasteiger partial charge in [-0.1, -0.05) is 36.4 Å². The second-order valence-corrected chi connectivity index (χ2v) is 5.99. The summed E-state index contributed by atoms with van der Waals surface area (Å²) in [4.78, 5) is 9.13. The Morgan fingerprint density at radius 1 is 0.750 bits per heavy atom. The molecule has 6 heteroatoms. The predicted molar refractivity (Wildman–Crippen MR) is 109 cm³/mol. The highest BCUT2D eigenvalue weighted by Crippen LogP contribution is 2.36. The largest absolute Gasteiger partial charge is 0.493 e. The van der Waals surface area contributed by atoms with Crippen LogP contribution in [-0.2, 0) is 0 Å². The molecule has 0 spiro atoms. The maximum absolute atomic E-state index is 5.86. The SMILES string of the molecule is COc1cc2nc(Oc3ccccc3)nc(Nc3ccccc3)c2cc1OC. The van der Waals surface area contributed by atoms with Gasteiger partial charge in [-0.25, -0.2) is 0 Å². The van der Waals surface area contributed by atoms with Crippen molar-refractivity contribution in [2.45, 2.75) is 0 Å². The van der Waals surface area contributed by atoms with Crippen molar-refractivity contribution < 1.29 is 14.2 Å². The van der Waals surface area contributed by atoms with Crippen molar-refractivity contribution in [3.8, 4) is 23.3 Å². The number of aromatic nitrogens is 2. The highest BCUT2D eigenvalue weighted by Gasteiger charge is 2.14. The van der Waals surface area contributed by atoms with Crippen LogP contribution in [0.2, 0.25) is 0 Å². The molecule has 4 aromatic rings. The Bertz CT molecular complexity index is 1090. The number of benzene rings is 3. The van der Waals surface area contributed by atoms with E-state index < -0.39 is 0 Å². The summed E-state index contributed by atoms with van der Waals surface area (Å²) in [6.45, 7) is 0. The molecule has 0 atom stereocenters. The lowest BCUT2D eigenvalue weighted by Gasteiger charge is -2.14. The van der Waals surface area contributed by atoms with Crippen LogP contribution < -0.4 is 19.5 Å². The number of para-hydroxylation sites is 2. The van der Waals surface area contributed by atoms with Crippen molar-refractivity contribution >= 4 is 22.4 Å². The minimum absolute atomic E-state index is 0.240. The molecule has 0 amide bonds. The molecule has 0 aliphatic heterocycles. The number of hydrogen-bond acceptors (Lipinski definition) is 6. The van der Waals surface area contributed by atoms with Gasteiger partial charge in [0.25, 0.3) is 0 Å². The summed E-state index contributed by atoms with van der Waals surface area (Å²) in [6.07, 6.45) is 0. The van der Waals surface area contributed by atoms with E-state index in [-0.39, 0.29) is 6.01 Å². The molecule has 140 valence electrons. The van der Waals surface area contributed by atoms with Gasteiger partial charge >= 0.3 is 6.01 Å². The molecule has 28 heavy (non-hydrogen) atoms. The van der Waals surface area contributed by atoms with Crippen molar-refractivity contribution in [2.24, 2.45) is 0 Å². The van der Waals surface area contributed by atoms with Crippen molar-refractivity contribution in [1.29, 1.82) is 0 Å². The highest BCUT2D eigenvalue weighted by molar-refractivity contribution is 5.93. The molecule has 0 radical (unpaired) electrons. The molecule has 0 unspecified atom stereocenters. The zero-order valence-corrected chi connectivity index (χ0v) is 15.5. The van der Waals surface area contributed by atoms with E-state index in [9.17, 15) is 0 Å². The van der Waals surface area contributed by atoms with Crippen LogP contribution in [0.25, 0.3) is 10.9 Å². The van der Waals surface area contributed by atoms with Crippen molar-refractivity contribution in [3.05, 3.63) is 72.8 Å². The van der Waals surface area contributed by atoms with Gasteiger partial charge in [-0.05, 0) is 30.3 Å². The molecule has 0 aliphatic carbocycles. The van der Waals surface area contributed by atoms with Crippen molar-refractivity contribution in [3.63, 3.8) is 0 Å². The third-order valence-electron chi connectivity index (χ3n) is 4.17. The summed E-state index contributed by atoms with van der Waals surface area (Å²) in [5.74, 6) is 2.47. The Kier molecular flexibility index (Phi) is 4.93. The first-order chi connectivity index (χ1) is 13.8. The second kappa shape index (κ2) is 7.84. The summed E-state index contributed by atoms with van der Waals surface area (Å²) in [6, 6.07) is 23.1. The van der Waals surface area contributed by atoms with Crippen LogP contribution >= 0.6 is 0 Å². The summed E-state index contributed by atoms with van der Waals surface area (Å²) in [5.41, 5.74) is 1.58. The van der Waals surface area contributed by atoms with Crippen molar-refractivity contribution in [1.82, 2.24) is 9.97 Å². The van der Waals surface area contributed by atoms with E-state index in [1.165, 1.54) is 0 Å². The van der Waals surface area contributed by atoms with Gasteiger partial charge in [-0.2, -0.15) is 9.97 Å². The van der Waals surface area contributed by atoms with Crippen molar-refractivity contribution in [2.75, 3.05) is 19.5 Å². The quantitative estimate of drug-likeness (QED) is 0.502. The van der Waals surface area contributed by atoms with Gasteiger partial charge in [-0.15, -0.1) is 0 Å². The third-order valence-corrected chi connectivity index (χ3v) is 4.17. The summed E-state index contributed by atoms with van der Waals surface area (Å²) < 4.78 is 16.7. The fourth-order valence-corrected chi connectivity index (χ4v) is 2.83. The molecule has 0 fully saturated rings. The monoisotopic (exact) mass is 373 g/mol. The molecule has 0 saturated carbocycles. The average molecular weight is 373 g/mol. The minimum Gasteiger partial charge on any atom is -0.493 e. The highest BCUT2D eigenvalue weighted by atomic mass is 16.5. The van der Waals surface area contributed by atoms with Gasteiger partial charge in [0.05, 0.1) is 19.7 Å². The van der Waals surface area contributed by atoms with Crippen LogP contribution in [0, 0.1) is 0 Å². The van der Waals surface area contributed by atoms with Gasteiger partial charge in [0.2, 0.25) is 0 Å². The first-order valence-corrected chi connectivity index (χ1v) is 8.75. The van der Waals surface area contributed by atoms with E-state index in [1.54, 1.807) is 14.2 Å². The molecule has 1 aromatic heterocycles. The van der Waals surface area contributed by atoms with E-state index >= 15 is 0 Å². The number of rotatable bonds is 6. The molecule has 0 aliphatic rings. The first-order valence-electron chi connectivity index (χ1n) is 8.75. The summed E-state index contributed by atoms with van der Waals surface area (Å²) in [7, 11) is 3.19. The standard InChI is InChI=1S/C22H19N3O3/c1-26-19-13-17-18(14-20(19)27-2)24-22(28-16-11-7-4-8-12-16)25-21(17)23-15-9-5-3-6-10-15/h3-14H,1-2H3,(H,23,24,25). The normalized spacial score (nSPS) is 10.5. The molecule has 4 rings (SSSR count). The molecule has 1 N–H and O–H groups in total. The van der Waals surface area contributed by atoms with Crippen LogP contribution in [0.3, 0.4) is 0 Å². The number of fused-ring (bicyclic) bond motifs is 1. The minimum atomic E-state index is 0.240. The lowest BCUT2D eigenvalue weighted by atomic mass is 10.2. The lowest BCUT2D eigenvalue weighted by molar-refractivity contribution is 0.355. The van der Waals surface area contributed by atoms with Gasteiger partial charge in [0.15, 0.2) is 11.5 Å². The zero-order chi connectivity index (χ0) is 19.3. The fraction of sp³-hybridized carbons (Fsp3) is 0.0909. The van der Waals surface area contributed by atoms with E-state index in [0.717, 1.165) is 11.1 Å². The molecule has 0 saturated heterocycles. The van der Waals surface area contributed by atoms with E-state index in [2.05, 4.69) is 15.3 Å². The van der Waals surface area contributed by atoms with Crippen LogP contribution in [0.15, 0.2) is 72.8 Å². The Balaban J connectivity index is 1.84.